The molecule has 0 aliphatic rings. The highest BCUT2D eigenvalue weighted by Gasteiger charge is 2.15. The Labute approximate surface area is 118 Å². The first-order valence-electron chi connectivity index (χ1n) is 6.35. The van der Waals surface area contributed by atoms with Gasteiger partial charge in [0.2, 0.25) is 0 Å². The molecule has 0 aliphatic carbocycles. The van der Waals surface area contributed by atoms with Crippen LogP contribution in [0.25, 0.3) is 0 Å². The highest BCUT2D eigenvalue weighted by atomic mass is 32.2. The van der Waals surface area contributed by atoms with Crippen LogP contribution in [0.1, 0.15) is 18.9 Å². The number of carbonyl (C=O) groups is 1. The molecule has 0 radical (unpaired) electrons. The number of thioether (sulfide) groups is 1. The molecule has 5 heteroatoms. The van der Waals surface area contributed by atoms with Crippen LogP contribution in [0.3, 0.4) is 0 Å². The summed E-state index contributed by atoms with van der Waals surface area (Å²) >= 11 is 1.40. The van der Waals surface area contributed by atoms with Crippen LogP contribution in [-0.4, -0.2) is 36.6 Å². The van der Waals surface area contributed by atoms with Gasteiger partial charge in [-0.2, -0.15) is 0 Å². The maximum atomic E-state index is 11.0. The third-order valence-corrected chi connectivity index (χ3v) is 4.02. The molecule has 1 aromatic carbocycles. The van der Waals surface area contributed by atoms with Gasteiger partial charge >= 0.3 is 5.97 Å². The predicted octanol–water partition coefficient (Wildman–Crippen LogP) is 2.38. The molecule has 0 aliphatic heterocycles. The van der Waals surface area contributed by atoms with Crippen LogP contribution >= 0.6 is 11.8 Å². The molecule has 0 saturated heterocycles. The van der Waals surface area contributed by atoms with E-state index in [2.05, 4.69) is 5.32 Å². The molecule has 0 fully saturated rings. The maximum Gasteiger partial charge on any atom is 0.316 e. The molecule has 0 spiro atoms. The molecule has 0 saturated carbocycles. The Bertz CT molecular complexity index is 381. The highest BCUT2D eigenvalue weighted by Crippen LogP contribution is 2.25. The van der Waals surface area contributed by atoms with Crippen molar-refractivity contribution in [3.63, 3.8) is 0 Å². The van der Waals surface area contributed by atoms with Gasteiger partial charge in [-0.05, 0) is 24.1 Å². The van der Waals surface area contributed by atoms with E-state index in [9.17, 15) is 4.79 Å². The van der Waals surface area contributed by atoms with E-state index in [4.69, 9.17) is 9.84 Å². The maximum absolute atomic E-state index is 11.0. The van der Waals surface area contributed by atoms with E-state index in [0.717, 1.165) is 18.0 Å². The third-order valence-electron chi connectivity index (χ3n) is 2.66. The van der Waals surface area contributed by atoms with Crippen molar-refractivity contribution in [1.82, 2.24) is 5.32 Å². The minimum Gasteiger partial charge on any atom is -0.480 e. The number of ether oxygens (including phenoxy) is 1. The third kappa shape index (κ3) is 6.09. The molecular weight excluding hydrogens is 262 g/mol. The summed E-state index contributed by atoms with van der Waals surface area (Å²) in [6.07, 6.45) is 0.625. The Kier molecular flexibility index (Phi) is 7.55. The minimum absolute atomic E-state index is 0.370. The first-order valence-corrected chi connectivity index (χ1v) is 7.23. The van der Waals surface area contributed by atoms with Gasteiger partial charge in [-0.1, -0.05) is 19.1 Å². The van der Waals surface area contributed by atoms with Crippen LogP contribution in [0.5, 0.6) is 0 Å². The van der Waals surface area contributed by atoms with Gasteiger partial charge in [0.05, 0.1) is 6.61 Å². The quantitative estimate of drug-likeness (QED) is 0.538. The van der Waals surface area contributed by atoms with Gasteiger partial charge in [0.1, 0.15) is 5.25 Å². The standard InChI is InChI=1S/C14H21NO3S/c1-3-13(14(16)17)19-12-6-4-11(5-7-12)10-15-8-9-18-2/h4-7,13,15H,3,8-10H2,1-2H3,(H,16,17). The minimum atomic E-state index is -0.752. The summed E-state index contributed by atoms with van der Waals surface area (Å²) in [5.41, 5.74) is 1.18. The van der Waals surface area contributed by atoms with Crippen LogP contribution in [0.2, 0.25) is 0 Å². The van der Waals surface area contributed by atoms with E-state index >= 15 is 0 Å². The Morgan fingerprint density at radius 3 is 2.63 bits per heavy atom. The number of carboxylic acids is 1. The van der Waals surface area contributed by atoms with Crippen molar-refractivity contribution in [1.29, 1.82) is 0 Å². The molecule has 106 valence electrons. The fourth-order valence-corrected chi connectivity index (χ4v) is 2.45. The summed E-state index contributed by atoms with van der Waals surface area (Å²) in [5, 5.41) is 11.9. The number of hydrogen-bond acceptors (Lipinski definition) is 4. The Morgan fingerprint density at radius 1 is 1.42 bits per heavy atom. The van der Waals surface area contributed by atoms with Gasteiger partial charge in [-0.3, -0.25) is 4.79 Å². The average Bonchev–Trinajstić information content (AvgIpc) is 2.42. The number of nitrogens with one attached hydrogen (secondary N) is 1. The van der Waals surface area contributed by atoms with E-state index in [1.165, 1.54) is 17.3 Å². The molecule has 19 heavy (non-hydrogen) atoms. The molecule has 1 unspecified atom stereocenters. The average molecular weight is 283 g/mol. The van der Waals surface area contributed by atoms with Crippen LogP contribution in [0, 0.1) is 0 Å². The van der Waals surface area contributed by atoms with Crippen LogP contribution in [-0.2, 0) is 16.1 Å². The summed E-state index contributed by atoms with van der Waals surface area (Å²) in [5.74, 6) is -0.752. The lowest BCUT2D eigenvalue weighted by atomic mass is 10.2. The monoisotopic (exact) mass is 283 g/mol. The van der Waals surface area contributed by atoms with Crippen molar-refractivity contribution in [2.45, 2.75) is 30.0 Å². The summed E-state index contributed by atoms with van der Waals surface area (Å²) in [4.78, 5) is 12.0. The normalized spacial score (nSPS) is 12.3. The predicted molar refractivity (Wildman–Crippen MR) is 77.6 cm³/mol. The largest absolute Gasteiger partial charge is 0.480 e. The number of methoxy groups -OCH3 is 1. The summed E-state index contributed by atoms with van der Waals surface area (Å²) in [7, 11) is 1.68. The molecule has 0 amide bonds. The van der Waals surface area contributed by atoms with Gasteiger partial charge in [-0.15, -0.1) is 11.8 Å². The number of rotatable bonds is 9. The molecule has 1 aromatic rings. The highest BCUT2D eigenvalue weighted by molar-refractivity contribution is 8.00. The number of carboxylic acid groups (broad SMARTS) is 1. The topological polar surface area (TPSA) is 58.6 Å². The van der Waals surface area contributed by atoms with E-state index in [0.29, 0.717) is 13.0 Å². The van der Waals surface area contributed by atoms with E-state index in [1.54, 1.807) is 7.11 Å². The van der Waals surface area contributed by atoms with Crippen molar-refractivity contribution in [3.8, 4) is 0 Å². The molecule has 0 bridgehead atoms. The van der Waals surface area contributed by atoms with Crippen molar-refractivity contribution >= 4 is 17.7 Å². The zero-order valence-electron chi connectivity index (χ0n) is 11.4. The molecule has 0 aromatic heterocycles. The molecule has 4 nitrogen and oxygen atoms in total. The molecule has 0 heterocycles. The zero-order valence-corrected chi connectivity index (χ0v) is 12.2. The first-order chi connectivity index (χ1) is 9.17. The summed E-state index contributed by atoms with van der Waals surface area (Å²) < 4.78 is 4.96. The van der Waals surface area contributed by atoms with Gasteiger partial charge in [0, 0.05) is 25.1 Å². The second kappa shape index (κ2) is 8.96. The SMILES string of the molecule is CCC(Sc1ccc(CNCCOC)cc1)C(=O)O. The second-order valence-corrected chi connectivity index (χ2v) is 5.44. The molecular formula is C14H21NO3S. The second-order valence-electron chi connectivity index (χ2n) is 4.17. The van der Waals surface area contributed by atoms with Gasteiger partial charge in [0.15, 0.2) is 0 Å². The lowest BCUT2D eigenvalue weighted by Gasteiger charge is -2.10. The number of aliphatic carboxylic acids is 1. The number of hydrogen-bond donors (Lipinski definition) is 2. The van der Waals surface area contributed by atoms with Crippen LogP contribution in [0.15, 0.2) is 29.2 Å². The molecule has 1 atom stereocenters. The summed E-state index contributed by atoms with van der Waals surface area (Å²) in [6, 6.07) is 8.00. The van der Waals surface area contributed by atoms with Crippen molar-refractivity contribution in [2.75, 3.05) is 20.3 Å². The summed E-state index contributed by atoms with van der Waals surface area (Å²) in [6.45, 7) is 4.21. The Hall–Kier alpha value is -1.04. The lowest BCUT2D eigenvalue weighted by molar-refractivity contribution is -0.136. The van der Waals surface area contributed by atoms with Gasteiger partial charge < -0.3 is 15.2 Å². The fraction of sp³-hybridized carbons (Fsp3) is 0.500. The Balaban J connectivity index is 2.44. The molecule has 2 N–H and O–H groups in total. The zero-order chi connectivity index (χ0) is 14.1. The lowest BCUT2D eigenvalue weighted by Crippen LogP contribution is -2.18. The Morgan fingerprint density at radius 2 is 2.11 bits per heavy atom. The smallest absolute Gasteiger partial charge is 0.316 e. The van der Waals surface area contributed by atoms with Gasteiger partial charge in [0.25, 0.3) is 0 Å². The van der Waals surface area contributed by atoms with Crippen molar-refractivity contribution < 1.29 is 14.6 Å². The van der Waals surface area contributed by atoms with Crippen molar-refractivity contribution in [3.05, 3.63) is 29.8 Å². The van der Waals surface area contributed by atoms with Gasteiger partial charge in [-0.25, -0.2) is 0 Å². The van der Waals surface area contributed by atoms with E-state index in [-0.39, 0.29) is 5.25 Å². The van der Waals surface area contributed by atoms with E-state index in [1.807, 2.05) is 31.2 Å². The van der Waals surface area contributed by atoms with Crippen LogP contribution in [0.4, 0.5) is 0 Å². The van der Waals surface area contributed by atoms with Crippen molar-refractivity contribution in [2.24, 2.45) is 0 Å². The number of benzene rings is 1. The fourth-order valence-electron chi connectivity index (χ4n) is 1.57. The van der Waals surface area contributed by atoms with E-state index < -0.39 is 5.97 Å². The first kappa shape index (κ1) is 16.0. The van der Waals surface area contributed by atoms with Crippen LogP contribution < -0.4 is 5.32 Å². The molecule has 1 rings (SSSR count).